The number of nitrogens with one attached hydrogen (secondary N) is 1. The average molecular weight is 995 g/mol. The molecule has 0 aliphatic rings. The Bertz CT molecular complexity index is 1250. The molecule has 3 atom stereocenters. The lowest BCUT2D eigenvalue weighted by atomic mass is 10.0. The summed E-state index contributed by atoms with van der Waals surface area (Å²) in [5, 5.41) is 24.0. The molecule has 0 bridgehead atoms. The molecule has 0 aromatic heterocycles. The van der Waals surface area contributed by atoms with Crippen molar-refractivity contribution in [2.24, 2.45) is 0 Å². The van der Waals surface area contributed by atoms with Crippen LogP contribution < -0.4 is 5.32 Å². The van der Waals surface area contributed by atoms with Gasteiger partial charge in [0, 0.05) is 6.42 Å². The van der Waals surface area contributed by atoms with Gasteiger partial charge < -0.3 is 20.3 Å². The Balaban J connectivity index is 4.59. The van der Waals surface area contributed by atoms with Gasteiger partial charge in [-0.15, -0.1) is 0 Å². The largest absolute Gasteiger partial charge is 0.462 e. The summed E-state index contributed by atoms with van der Waals surface area (Å²) >= 11 is 0. The molecule has 1 amide bonds. The number of rotatable bonds is 56. The summed E-state index contributed by atoms with van der Waals surface area (Å²) in [7, 11) is 0. The smallest absolute Gasteiger partial charge is 0.306 e. The van der Waals surface area contributed by atoms with Crippen molar-refractivity contribution in [1.29, 1.82) is 0 Å². The Morgan fingerprint density at radius 3 is 1.21 bits per heavy atom. The van der Waals surface area contributed by atoms with Crippen molar-refractivity contribution in [1.82, 2.24) is 5.32 Å². The zero-order chi connectivity index (χ0) is 51.6. The lowest BCUT2D eigenvalue weighted by Crippen LogP contribution is -2.46. The van der Waals surface area contributed by atoms with Gasteiger partial charge in [0.05, 0.1) is 25.2 Å². The molecule has 0 rings (SSSR count). The van der Waals surface area contributed by atoms with E-state index in [1.807, 2.05) is 0 Å². The van der Waals surface area contributed by atoms with Crippen LogP contribution in [-0.2, 0) is 14.3 Å². The number of carbonyl (C=O) groups excluding carboxylic acids is 2. The molecular weight excluding hydrogens is 875 g/mol. The molecule has 414 valence electrons. The van der Waals surface area contributed by atoms with Crippen molar-refractivity contribution in [3.8, 4) is 0 Å². The highest BCUT2D eigenvalue weighted by Gasteiger charge is 2.24. The molecule has 0 aliphatic carbocycles. The van der Waals surface area contributed by atoms with Crippen LogP contribution in [0.15, 0.2) is 60.8 Å². The summed E-state index contributed by atoms with van der Waals surface area (Å²) in [6, 6.07) is -0.712. The minimum atomic E-state index is -0.797. The quantitative estimate of drug-likeness (QED) is 0.0244. The van der Waals surface area contributed by atoms with E-state index in [4.69, 9.17) is 4.74 Å². The molecule has 0 fully saturated rings. The van der Waals surface area contributed by atoms with Crippen LogP contribution in [0.2, 0.25) is 0 Å². The van der Waals surface area contributed by atoms with Crippen molar-refractivity contribution < 1.29 is 24.5 Å². The fourth-order valence-corrected chi connectivity index (χ4v) is 9.41. The molecule has 6 nitrogen and oxygen atoms in total. The van der Waals surface area contributed by atoms with E-state index in [1.54, 1.807) is 0 Å². The lowest BCUT2D eigenvalue weighted by Gasteiger charge is -2.24. The van der Waals surface area contributed by atoms with Gasteiger partial charge in [0.25, 0.3) is 0 Å². The van der Waals surface area contributed by atoms with Gasteiger partial charge in [-0.05, 0) is 83.5 Å². The van der Waals surface area contributed by atoms with Gasteiger partial charge in [-0.1, -0.05) is 281 Å². The second-order valence-electron chi connectivity index (χ2n) is 21.2. The van der Waals surface area contributed by atoms with Gasteiger partial charge in [-0.25, -0.2) is 0 Å². The van der Waals surface area contributed by atoms with Crippen LogP contribution in [0.4, 0.5) is 0 Å². The van der Waals surface area contributed by atoms with Crippen molar-refractivity contribution in [3.63, 3.8) is 0 Å². The highest BCUT2D eigenvalue weighted by atomic mass is 16.5. The maximum Gasteiger partial charge on any atom is 0.306 e. The van der Waals surface area contributed by atoms with Gasteiger partial charge >= 0.3 is 5.97 Å². The summed E-state index contributed by atoms with van der Waals surface area (Å²) in [5.41, 5.74) is 0. The van der Waals surface area contributed by atoms with E-state index in [0.717, 1.165) is 89.9 Å². The summed E-state index contributed by atoms with van der Waals surface area (Å²) in [6.07, 6.45) is 74.3. The van der Waals surface area contributed by atoms with E-state index in [9.17, 15) is 19.8 Å². The fourth-order valence-electron chi connectivity index (χ4n) is 9.41. The van der Waals surface area contributed by atoms with Gasteiger partial charge in [0.1, 0.15) is 6.10 Å². The number of aliphatic hydroxyl groups excluding tert-OH is 2. The first kappa shape index (κ1) is 68.6. The van der Waals surface area contributed by atoms with Crippen molar-refractivity contribution in [2.45, 2.75) is 334 Å². The normalized spacial score (nSPS) is 13.5. The number of allylic oxidation sites excluding steroid dienone is 10. The minimum absolute atomic E-state index is 0.0639. The van der Waals surface area contributed by atoms with Gasteiger partial charge in [-0.3, -0.25) is 9.59 Å². The fraction of sp³-hybridized carbons (Fsp3) is 0.815. The molecule has 0 spiro atoms. The van der Waals surface area contributed by atoms with E-state index >= 15 is 0 Å². The Labute approximate surface area is 441 Å². The Hall–Kier alpha value is -2.44. The van der Waals surface area contributed by atoms with Crippen LogP contribution in [0.5, 0.6) is 0 Å². The number of unbranched alkanes of at least 4 members (excludes halogenated alkanes) is 36. The minimum Gasteiger partial charge on any atom is -0.462 e. The molecule has 71 heavy (non-hydrogen) atoms. The molecule has 0 aromatic rings. The lowest BCUT2D eigenvalue weighted by molar-refractivity contribution is -0.151. The molecule has 0 radical (unpaired) electrons. The van der Waals surface area contributed by atoms with Crippen molar-refractivity contribution in [3.05, 3.63) is 60.8 Å². The van der Waals surface area contributed by atoms with Crippen LogP contribution in [0.25, 0.3) is 0 Å². The zero-order valence-corrected chi connectivity index (χ0v) is 47.4. The first-order chi connectivity index (χ1) is 35.0. The van der Waals surface area contributed by atoms with E-state index < -0.39 is 18.2 Å². The molecule has 0 saturated heterocycles. The van der Waals surface area contributed by atoms with Gasteiger partial charge in [0.15, 0.2) is 0 Å². The summed E-state index contributed by atoms with van der Waals surface area (Å²) in [4.78, 5) is 26.4. The first-order valence-corrected chi connectivity index (χ1v) is 31.0. The highest BCUT2D eigenvalue weighted by molar-refractivity contribution is 5.77. The Kier molecular flexibility index (Phi) is 56.4. The second kappa shape index (κ2) is 58.4. The number of aliphatic hydroxyl groups is 2. The second-order valence-corrected chi connectivity index (χ2v) is 21.2. The third-order valence-electron chi connectivity index (χ3n) is 14.1. The molecule has 0 heterocycles. The topological polar surface area (TPSA) is 95.9 Å². The molecule has 0 saturated carbocycles. The van der Waals surface area contributed by atoms with Crippen LogP contribution >= 0.6 is 0 Å². The summed E-state index contributed by atoms with van der Waals surface area (Å²) in [6.45, 7) is 6.48. The van der Waals surface area contributed by atoms with Gasteiger partial charge in [-0.2, -0.15) is 0 Å². The maximum absolute atomic E-state index is 13.3. The third kappa shape index (κ3) is 53.7. The van der Waals surface area contributed by atoms with Crippen molar-refractivity contribution in [2.75, 3.05) is 6.61 Å². The van der Waals surface area contributed by atoms with Gasteiger partial charge in [0.2, 0.25) is 5.91 Å². The average Bonchev–Trinajstić information content (AvgIpc) is 3.36. The highest BCUT2D eigenvalue weighted by Crippen LogP contribution is 2.19. The standard InChI is InChI=1S/C65H119NO5/c1-4-7-10-13-16-19-22-25-28-31-34-37-40-43-46-49-52-55-58-65(70)71-61(56-53-50-47-44-41-38-35-32-29-26-23-20-17-14-11-8-5-2)59-64(69)66-62(60-67)63(68)57-54-51-48-45-42-39-36-33-30-27-24-21-18-15-12-9-6-3/h17,20,22,25-26,28-29,31,34,37,61-63,67-68H,4-16,18-19,21,23-24,27,30,32-33,35-36,38-60H2,1-3H3,(H,66,69)/b20-17-,25-22+,29-26-,31-28+,37-34+. The third-order valence-corrected chi connectivity index (χ3v) is 14.1. The number of ether oxygens (including phenoxy) is 1. The van der Waals surface area contributed by atoms with Crippen LogP contribution in [0.1, 0.15) is 316 Å². The molecule has 6 heteroatoms. The predicted molar refractivity (Wildman–Crippen MR) is 310 cm³/mol. The van der Waals surface area contributed by atoms with E-state index in [2.05, 4.69) is 86.8 Å². The predicted octanol–water partition coefficient (Wildman–Crippen LogP) is 19.5. The molecule has 0 aliphatic heterocycles. The Morgan fingerprint density at radius 1 is 0.423 bits per heavy atom. The van der Waals surface area contributed by atoms with E-state index in [0.29, 0.717) is 19.3 Å². The molecule has 3 N–H and O–H groups in total. The van der Waals surface area contributed by atoms with Crippen LogP contribution in [-0.4, -0.2) is 46.9 Å². The van der Waals surface area contributed by atoms with Crippen LogP contribution in [0.3, 0.4) is 0 Å². The number of carbonyl (C=O) groups is 2. The molecular formula is C65H119NO5. The molecule has 3 unspecified atom stereocenters. The van der Waals surface area contributed by atoms with E-state index in [1.165, 1.54) is 180 Å². The number of hydrogen-bond acceptors (Lipinski definition) is 5. The SMILES string of the molecule is CCCCC/C=C\C/C=C\CCCCCCCCCC(CC(=O)NC(CO)C(O)CCCCCCCCCCCCCCCCCCC)OC(=O)CCCCCCC/C=C/C=C/C=C/CCCCCCC. The van der Waals surface area contributed by atoms with Crippen LogP contribution in [0, 0.1) is 0 Å². The number of hydrogen-bond donors (Lipinski definition) is 3. The maximum atomic E-state index is 13.3. The molecule has 0 aromatic carbocycles. The number of esters is 1. The summed E-state index contributed by atoms with van der Waals surface area (Å²) in [5.74, 6) is -0.493. The van der Waals surface area contributed by atoms with E-state index in [-0.39, 0.29) is 24.9 Å². The Morgan fingerprint density at radius 2 is 0.775 bits per heavy atom. The zero-order valence-electron chi connectivity index (χ0n) is 47.4. The first-order valence-electron chi connectivity index (χ1n) is 31.0. The monoisotopic (exact) mass is 994 g/mol. The number of amides is 1. The van der Waals surface area contributed by atoms with Crippen molar-refractivity contribution >= 4 is 11.9 Å². The summed E-state index contributed by atoms with van der Waals surface area (Å²) < 4.78 is 5.97.